The average Bonchev–Trinajstić information content (AvgIpc) is 3.12. The number of nitrogens with zero attached hydrogens (tertiary/aromatic N) is 1. The van der Waals surface area contributed by atoms with E-state index in [1.54, 1.807) is 24.3 Å². The third-order valence-electron chi connectivity index (χ3n) is 3.53. The van der Waals surface area contributed by atoms with E-state index >= 15 is 0 Å². The molecule has 0 fully saturated rings. The number of nitrogens with one attached hydrogen (secondary N) is 1. The molecule has 1 amide bonds. The number of para-hydroxylation sites is 2. The second-order valence-electron chi connectivity index (χ2n) is 5.38. The molecule has 0 saturated carbocycles. The Balaban J connectivity index is 1.52. The Morgan fingerprint density at radius 3 is 2.78 bits per heavy atom. The molecule has 9 nitrogen and oxygen atoms in total. The van der Waals surface area contributed by atoms with Crippen molar-refractivity contribution in [1.82, 2.24) is 0 Å². The number of anilines is 1. The zero-order valence-corrected chi connectivity index (χ0v) is 13.9. The summed E-state index contributed by atoms with van der Waals surface area (Å²) in [5.41, 5.74) is 0.472. The molecule has 1 heterocycles. The lowest BCUT2D eigenvalue weighted by atomic mass is 10.2. The normalized spacial score (nSPS) is 12.0. The molecule has 0 aromatic heterocycles. The maximum Gasteiger partial charge on any atom is 0.331 e. The Hall–Kier alpha value is -3.88. The van der Waals surface area contributed by atoms with Crippen molar-refractivity contribution in [3.63, 3.8) is 0 Å². The van der Waals surface area contributed by atoms with Crippen LogP contribution in [0.25, 0.3) is 6.08 Å². The lowest BCUT2D eigenvalue weighted by Gasteiger charge is -2.05. The van der Waals surface area contributed by atoms with Gasteiger partial charge in [0.15, 0.2) is 18.1 Å². The van der Waals surface area contributed by atoms with Crippen molar-refractivity contribution < 1.29 is 28.7 Å². The van der Waals surface area contributed by atoms with Gasteiger partial charge in [0, 0.05) is 12.1 Å². The van der Waals surface area contributed by atoms with E-state index in [-0.39, 0.29) is 18.2 Å². The van der Waals surface area contributed by atoms with Crippen molar-refractivity contribution in [3.8, 4) is 11.5 Å². The van der Waals surface area contributed by atoms with E-state index in [4.69, 9.17) is 14.2 Å². The highest BCUT2D eigenvalue weighted by molar-refractivity contribution is 5.96. The van der Waals surface area contributed by atoms with E-state index < -0.39 is 23.4 Å². The van der Waals surface area contributed by atoms with Gasteiger partial charge in [-0.2, -0.15) is 0 Å². The molecule has 1 N–H and O–H groups in total. The standard InChI is InChI=1S/C18H14N2O7/c21-17(19-13-3-1-2-4-14(13)20(23)24)10-25-18(22)8-6-12-5-7-15-16(9-12)27-11-26-15/h1-9H,10-11H2,(H,19,21). The molecule has 2 aromatic rings. The number of amides is 1. The Kier molecular flexibility index (Phi) is 5.31. The molecule has 0 bridgehead atoms. The summed E-state index contributed by atoms with van der Waals surface area (Å²) in [4.78, 5) is 33.8. The van der Waals surface area contributed by atoms with Crippen molar-refractivity contribution in [2.24, 2.45) is 0 Å². The van der Waals surface area contributed by atoms with E-state index in [1.807, 2.05) is 0 Å². The molecule has 0 unspecified atom stereocenters. The highest BCUT2D eigenvalue weighted by atomic mass is 16.7. The van der Waals surface area contributed by atoms with Crippen LogP contribution in [0.1, 0.15) is 5.56 Å². The zero-order chi connectivity index (χ0) is 19.2. The van der Waals surface area contributed by atoms with Crippen LogP contribution in [0, 0.1) is 10.1 Å². The lowest BCUT2D eigenvalue weighted by molar-refractivity contribution is -0.383. The molecule has 138 valence electrons. The molecule has 0 atom stereocenters. The molecule has 0 radical (unpaired) electrons. The third kappa shape index (κ3) is 4.60. The number of nitro benzene ring substituents is 1. The number of rotatable bonds is 6. The van der Waals surface area contributed by atoms with E-state index in [9.17, 15) is 19.7 Å². The van der Waals surface area contributed by atoms with Gasteiger partial charge in [-0.1, -0.05) is 18.2 Å². The van der Waals surface area contributed by atoms with Crippen molar-refractivity contribution >= 4 is 29.3 Å². The summed E-state index contributed by atoms with van der Waals surface area (Å²) in [6.07, 6.45) is 2.67. The number of benzene rings is 2. The van der Waals surface area contributed by atoms with Crippen LogP contribution in [-0.4, -0.2) is 30.2 Å². The summed E-state index contributed by atoms with van der Waals surface area (Å²) in [5, 5.41) is 13.2. The van der Waals surface area contributed by atoms with Crippen LogP contribution in [0.3, 0.4) is 0 Å². The monoisotopic (exact) mass is 370 g/mol. The van der Waals surface area contributed by atoms with Gasteiger partial charge in [-0.25, -0.2) is 4.79 Å². The maximum atomic E-state index is 11.8. The van der Waals surface area contributed by atoms with E-state index in [0.717, 1.165) is 6.08 Å². The van der Waals surface area contributed by atoms with Crippen LogP contribution >= 0.6 is 0 Å². The molecule has 1 aliphatic heterocycles. The number of esters is 1. The van der Waals surface area contributed by atoms with Crippen LogP contribution in [0.2, 0.25) is 0 Å². The Morgan fingerprint density at radius 1 is 1.19 bits per heavy atom. The van der Waals surface area contributed by atoms with Crippen LogP contribution in [0.4, 0.5) is 11.4 Å². The van der Waals surface area contributed by atoms with Gasteiger partial charge in [0.1, 0.15) is 5.69 Å². The van der Waals surface area contributed by atoms with Crippen LogP contribution < -0.4 is 14.8 Å². The molecule has 3 rings (SSSR count). The molecular formula is C18H14N2O7. The maximum absolute atomic E-state index is 11.8. The van der Waals surface area contributed by atoms with Gasteiger partial charge < -0.3 is 19.5 Å². The Bertz CT molecular complexity index is 924. The quantitative estimate of drug-likeness (QED) is 0.359. The summed E-state index contributed by atoms with van der Waals surface area (Å²) in [5.74, 6) is -0.213. The van der Waals surface area contributed by atoms with Gasteiger partial charge in [-0.3, -0.25) is 14.9 Å². The highest BCUT2D eigenvalue weighted by Crippen LogP contribution is 2.32. The summed E-state index contributed by atoms with van der Waals surface area (Å²) in [7, 11) is 0. The summed E-state index contributed by atoms with van der Waals surface area (Å²) in [6.45, 7) is -0.421. The van der Waals surface area contributed by atoms with Crippen molar-refractivity contribution in [3.05, 3.63) is 64.2 Å². The van der Waals surface area contributed by atoms with Crippen molar-refractivity contribution in [1.29, 1.82) is 0 Å². The van der Waals surface area contributed by atoms with Gasteiger partial charge in [0.25, 0.3) is 11.6 Å². The number of ether oxygens (including phenoxy) is 3. The van der Waals surface area contributed by atoms with Crippen molar-refractivity contribution in [2.45, 2.75) is 0 Å². The topological polar surface area (TPSA) is 117 Å². The molecule has 27 heavy (non-hydrogen) atoms. The molecule has 1 aliphatic rings. The zero-order valence-electron chi connectivity index (χ0n) is 13.9. The first-order valence-electron chi connectivity index (χ1n) is 7.81. The highest BCUT2D eigenvalue weighted by Gasteiger charge is 2.15. The minimum absolute atomic E-state index is 0.0273. The first kappa shape index (κ1) is 17.9. The number of carbonyl (C=O) groups excluding carboxylic acids is 2. The fourth-order valence-corrected chi connectivity index (χ4v) is 2.29. The summed E-state index contributed by atoms with van der Waals surface area (Å²) < 4.78 is 15.3. The van der Waals surface area contributed by atoms with E-state index in [2.05, 4.69) is 5.32 Å². The fourth-order valence-electron chi connectivity index (χ4n) is 2.29. The molecule has 2 aromatic carbocycles. The van der Waals surface area contributed by atoms with Gasteiger partial charge >= 0.3 is 5.97 Å². The predicted octanol–water partition coefficient (Wildman–Crippen LogP) is 2.52. The van der Waals surface area contributed by atoms with Gasteiger partial charge in [0.2, 0.25) is 6.79 Å². The molecule has 0 aliphatic carbocycles. The minimum atomic E-state index is -0.731. The predicted molar refractivity (Wildman–Crippen MR) is 94.3 cm³/mol. The van der Waals surface area contributed by atoms with Gasteiger partial charge in [-0.15, -0.1) is 0 Å². The Morgan fingerprint density at radius 2 is 1.96 bits per heavy atom. The molecular weight excluding hydrogens is 356 g/mol. The first-order chi connectivity index (χ1) is 13.0. The van der Waals surface area contributed by atoms with Crippen LogP contribution in [-0.2, 0) is 14.3 Å². The van der Waals surface area contributed by atoms with Gasteiger partial charge in [0.05, 0.1) is 4.92 Å². The lowest BCUT2D eigenvalue weighted by Crippen LogP contribution is -2.20. The van der Waals surface area contributed by atoms with E-state index in [1.165, 1.54) is 24.3 Å². The molecule has 0 spiro atoms. The number of hydrogen-bond donors (Lipinski definition) is 1. The molecule has 9 heteroatoms. The second kappa shape index (κ2) is 8.00. The SMILES string of the molecule is O=C(COC(=O)C=Cc1ccc2c(c1)OCO2)Nc1ccccc1[N+](=O)[O-]. The van der Waals surface area contributed by atoms with Crippen LogP contribution in [0.5, 0.6) is 11.5 Å². The van der Waals surface area contributed by atoms with Crippen molar-refractivity contribution in [2.75, 3.05) is 18.7 Å². The summed E-state index contributed by atoms with van der Waals surface area (Å²) >= 11 is 0. The van der Waals surface area contributed by atoms with E-state index in [0.29, 0.717) is 17.1 Å². The smallest absolute Gasteiger partial charge is 0.331 e. The first-order valence-corrected chi connectivity index (χ1v) is 7.81. The fraction of sp³-hybridized carbons (Fsp3) is 0.111. The van der Waals surface area contributed by atoms with Crippen LogP contribution in [0.15, 0.2) is 48.5 Å². The number of carbonyl (C=O) groups is 2. The third-order valence-corrected chi connectivity index (χ3v) is 3.53. The largest absolute Gasteiger partial charge is 0.454 e. The average molecular weight is 370 g/mol. The molecule has 0 saturated heterocycles. The number of nitro groups is 1. The minimum Gasteiger partial charge on any atom is -0.454 e. The Labute approximate surface area is 153 Å². The second-order valence-corrected chi connectivity index (χ2v) is 5.38. The summed E-state index contributed by atoms with van der Waals surface area (Å²) in [6, 6.07) is 10.8. The number of hydrogen-bond acceptors (Lipinski definition) is 7. The number of fused-ring (bicyclic) bond motifs is 1. The van der Waals surface area contributed by atoms with Gasteiger partial charge in [-0.05, 0) is 29.8 Å².